The summed E-state index contributed by atoms with van der Waals surface area (Å²) in [5.74, 6) is -0.0183. The Morgan fingerprint density at radius 2 is 1.64 bits per heavy atom. The van der Waals surface area contributed by atoms with Gasteiger partial charge in [-0.2, -0.15) is 0 Å². The van der Waals surface area contributed by atoms with Crippen LogP contribution in [0.3, 0.4) is 0 Å². The van der Waals surface area contributed by atoms with Crippen molar-refractivity contribution in [3.05, 3.63) is 54.4 Å². The van der Waals surface area contributed by atoms with Crippen LogP contribution in [0.1, 0.15) is 31.1 Å². The molecule has 1 aromatic heterocycles. The summed E-state index contributed by atoms with van der Waals surface area (Å²) in [6.45, 7) is 8.59. The lowest BCUT2D eigenvalue weighted by Crippen LogP contribution is -2.31. The molecule has 0 radical (unpaired) electrons. The molecule has 22 heavy (non-hydrogen) atoms. The van der Waals surface area contributed by atoms with Crippen molar-refractivity contribution in [2.75, 3.05) is 29.4 Å². The van der Waals surface area contributed by atoms with Crippen LogP contribution in [-0.4, -0.2) is 30.5 Å². The second-order valence-electron chi connectivity index (χ2n) is 4.99. The van der Waals surface area contributed by atoms with Gasteiger partial charge in [0.25, 0.3) is 5.91 Å². The van der Waals surface area contributed by atoms with Crippen molar-refractivity contribution in [3.63, 3.8) is 0 Å². The predicted octanol–water partition coefficient (Wildman–Crippen LogP) is 3.59. The quantitative estimate of drug-likeness (QED) is 0.817. The molecule has 0 unspecified atom stereocenters. The van der Waals surface area contributed by atoms with E-state index in [1.54, 1.807) is 11.1 Å². The molecule has 1 aromatic carbocycles. The number of hydrogen-bond acceptors (Lipinski definition) is 3. The number of benzene rings is 1. The van der Waals surface area contributed by atoms with E-state index in [1.807, 2.05) is 49.5 Å². The molecular weight excluding hydrogens is 274 g/mol. The number of aromatic nitrogens is 1. The number of carbonyl (C=O) groups is 1. The number of rotatable bonds is 6. The van der Waals surface area contributed by atoms with E-state index in [4.69, 9.17) is 0 Å². The Morgan fingerprint density at radius 3 is 2.23 bits per heavy atom. The zero-order valence-corrected chi connectivity index (χ0v) is 13.5. The van der Waals surface area contributed by atoms with Gasteiger partial charge < -0.3 is 9.80 Å². The van der Waals surface area contributed by atoms with Gasteiger partial charge in [0.15, 0.2) is 0 Å². The van der Waals surface area contributed by atoms with E-state index >= 15 is 0 Å². The van der Waals surface area contributed by atoms with Crippen molar-refractivity contribution in [3.8, 4) is 0 Å². The molecule has 1 heterocycles. The maximum absolute atomic E-state index is 12.8. The third kappa shape index (κ3) is 3.45. The molecule has 4 heteroatoms. The van der Waals surface area contributed by atoms with Gasteiger partial charge in [0.1, 0.15) is 0 Å². The van der Waals surface area contributed by atoms with E-state index in [2.05, 4.69) is 23.7 Å². The van der Waals surface area contributed by atoms with Crippen molar-refractivity contribution in [1.29, 1.82) is 0 Å². The molecule has 4 nitrogen and oxygen atoms in total. The van der Waals surface area contributed by atoms with Gasteiger partial charge in [0.05, 0.1) is 17.4 Å². The van der Waals surface area contributed by atoms with Crippen molar-refractivity contribution in [2.45, 2.75) is 20.8 Å². The summed E-state index contributed by atoms with van der Waals surface area (Å²) < 4.78 is 0. The van der Waals surface area contributed by atoms with E-state index in [9.17, 15) is 4.79 Å². The number of carbonyl (C=O) groups excluding carboxylic acids is 1. The number of hydrogen-bond donors (Lipinski definition) is 0. The average molecular weight is 297 g/mol. The number of pyridine rings is 1. The van der Waals surface area contributed by atoms with Crippen molar-refractivity contribution < 1.29 is 4.79 Å². The smallest absolute Gasteiger partial charge is 0.259 e. The lowest BCUT2D eigenvalue weighted by Gasteiger charge is -2.23. The van der Waals surface area contributed by atoms with Crippen molar-refractivity contribution in [2.24, 2.45) is 0 Å². The largest absolute Gasteiger partial charge is 0.371 e. The van der Waals surface area contributed by atoms with Gasteiger partial charge in [0, 0.05) is 31.5 Å². The Kier molecular flexibility index (Phi) is 5.53. The standard InChI is InChI=1S/C18H23N3O/c1-4-20(5-2)17-12-15(13-19-14-17)18(22)21(6-3)16-10-8-7-9-11-16/h7-14H,4-6H2,1-3H3. The third-order valence-electron chi connectivity index (χ3n) is 3.73. The summed E-state index contributed by atoms with van der Waals surface area (Å²) in [5.41, 5.74) is 2.51. The minimum atomic E-state index is -0.0183. The monoisotopic (exact) mass is 297 g/mol. The fraction of sp³-hybridized carbons (Fsp3) is 0.333. The average Bonchev–Trinajstić information content (AvgIpc) is 2.58. The van der Waals surface area contributed by atoms with Gasteiger partial charge in [-0.1, -0.05) is 18.2 Å². The van der Waals surface area contributed by atoms with E-state index in [0.717, 1.165) is 24.5 Å². The van der Waals surface area contributed by atoms with Crippen LogP contribution in [0.15, 0.2) is 48.8 Å². The maximum atomic E-state index is 12.8. The Hall–Kier alpha value is -2.36. The first-order chi connectivity index (χ1) is 10.7. The molecule has 0 aliphatic rings. The Labute approximate surface area is 132 Å². The molecule has 0 aliphatic heterocycles. The molecular formula is C18H23N3O. The number of para-hydroxylation sites is 1. The summed E-state index contributed by atoms with van der Waals surface area (Å²) >= 11 is 0. The molecule has 0 saturated carbocycles. The molecule has 0 fully saturated rings. The zero-order chi connectivity index (χ0) is 15.9. The van der Waals surface area contributed by atoms with E-state index in [0.29, 0.717) is 12.1 Å². The zero-order valence-electron chi connectivity index (χ0n) is 13.5. The highest BCUT2D eigenvalue weighted by molar-refractivity contribution is 6.06. The summed E-state index contributed by atoms with van der Waals surface area (Å²) in [4.78, 5) is 21.0. The molecule has 0 atom stereocenters. The minimum absolute atomic E-state index is 0.0183. The molecule has 2 rings (SSSR count). The molecule has 0 bridgehead atoms. The van der Waals surface area contributed by atoms with Gasteiger partial charge in [-0.05, 0) is 39.0 Å². The van der Waals surface area contributed by atoms with Gasteiger partial charge in [-0.25, -0.2) is 0 Å². The summed E-state index contributed by atoms with van der Waals surface area (Å²) in [6, 6.07) is 11.6. The van der Waals surface area contributed by atoms with Crippen LogP contribution in [0, 0.1) is 0 Å². The van der Waals surface area contributed by atoms with Crippen LogP contribution in [0.4, 0.5) is 11.4 Å². The van der Waals surface area contributed by atoms with Gasteiger partial charge >= 0.3 is 0 Å². The molecule has 0 spiro atoms. The highest BCUT2D eigenvalue weighted by Crippen LogP contribution is 2.19. The highest BCUT2D eigenvalue weighted by Gasteiger charge is 2.17. The Morgan fingerprint density at radius 1 is 0.955 bits per heavy atom. The fourth-order valence-corrected chi connectivity index (χ4v) is 2.51. The lowest BCUT2D eigenvalue weighted by molar-refractivity contribution is 0.0988. The molecule has 2 aromatic rings. The van der Waals surface area contributed by atoms with E-state index in [-0.39, 0.29) is 5.91 Å². The lowest BCUT2D eigenvalue weighted by atomic mass is 10.2. The van der Waals surface area contributed by atoms with Gasteiger partial charge in [0.2, 0.25) is 0 Å². The number of anilines is 2. The van der Waals surface area contributed by atoms with Gasteiger partial charge in [-0.3, -0.25) is 9.78 Å². The van der Waals surface area contributed by atoms with Crippen LogP contribution in [0.2, 0.25) is 0 Å². The molecule has 1 amide bonds. The van der Waals surface area contributed by atoms with Crippen LogP contribution in [0.5, 0.6) is 0 Å². The minimum Gasteiger partial charge on any atom is -0.371 e. The van der Waals surface area contributed by atoms with Crippen molar-refractivity contribution in [1.82, 2.24) is 4.98 Å². The Balaban J connectivity index is 2.30. The summed E-state index contributed by atoms with van der Waals surface area (Å²) in [5, 5.41) is 0. The molecule has 0 aliphatic carbocycles. The molecule has 0 N–H and O–H groups in total. The molecule has 0 saturated heterocycles. The van der Waals surface area contributed by atoms with E-state index < -0.39 is 0 Å². The SMILES string of the molecule is CCN(CC)c1cncc(C(=O)N(CC)c2ccccc2)c1. The Bertz CT molecular complexity index is 609. The first kappa shape index (κ1) is 16.0. The molecule has 116 valence electrons. The second-order valence-corrected chi connectivity index (χ2v) is 4.99. The predicted molar refractivity (Wildman–Crippen MR) is 91.6 cm³/mol. The summed E-state index contributed by atoms with van der Waals surface area (Å²) in [6.07, 6.45) is 3.45. The van der Waals surface area contributed by atoms with Gasteiger partial charge in [-0.15, -0.1) is 0 Å². The second kappa shape index (κ2) is 7.59. The first-order valence-corrected chi connectivity index (χ1v) is 7.78. The number of amides is 1. The van der Waals surface area contributed by atoms with Crippen LogP contribution < -0.4 is 9.80 Å². The van der Waals surface area contributed by atoms with E-state index in [1.165, 1.54) is 0 Å². The first-order valence-electron chi connectivity index (χ1n) is 7.78. The van der Waals surface area contributed by atoms with Crippen LogP contribution >= 0.6 is 0 Å². The number of nitrogens with zero attached hydrogens (tertiary/aromatic N) is 3. The highest BCUT2D eigenvalue weighted by atomic mass is 16.2. The summed E-state index contributed by atoms with van der Waals surface area (Å²) in [7, 11) is 0. The van der Waals surface area contributed by atoms with Crippen LogP contribution in [-0.2, 0) is 0 Å². The maximum Gasteiger partial charge on any atom is 0.259 e. The topological polar surface area (TPSA) is 36.4 Å². The van der Waals surface area contributed by atoms with Crippen LogP contribution in [0.25, 0.3) is 0 Å². The fourth-order valence-electron chi connectivity index (χ4n) is 2.51. The third-order valence-corrected chi connectivity index (χ3v) is 3.73. The van der Waals surface area contributed by atoms with Crippen molar-refractivity contribution >= 4 is 17.3 Å². The normalized spacial score (nSPS) is 10.3.